The molecule has 0 amide bonds. The third-order valence-electron chi connectivity index (χ3n) is 3.25. The molecule has 1 rings (SSSR count). The Morgan fingerprint density at radius 3 is 2.33 bits per heavy atom. The maximum absolute atomic E-state index is 11.9. The van der Waals surface area contributed by atoms with Crippen LogP contribution in [0.25, 0.3) is 0 Å². The number of rotatable bonds is 5. The van der Waals surface area contributed by atoms with Gasteiger partial charge < -0.3 is 9.47 Å². The number of alkyl halides is 2. The molecule has 0 N–H and O–H groups in total. The monoisotopic (exact) mass is 264 g/mol. The summed E-state index contributed by atoms with van der Waals surface area (Å²) in [6, 6.07) is 0. The summed E-state index contributed by atoms with van der Waals surface area (Å²) in [5.74, 6) is -2.45. The first-order valence-corrected chi connectivity index (χ1v) is 6.16. The molecule has 1 fully saturated rings. The van der Waals surface area contributed by atoms with Gasteiger partial charge in [0.05, 0.1) is 0 Å². The minimum absolute atomic E-state index is 0.507. The minimum Gasteiger partial charge on any atom is -0.457 e. The zero-order valence-corrected chi connectivity index (χ0v) is 10.4. The van der Waals surface area contributed by atoms with E-state index in [4.69, 9.17) is 4.74 Å². The Morgan fingerprint density at radius 2 is 1.83 bits per heavy atom. The van der Waals surface area contributed by atoms with Crippen LogP contribution in [0.5, 0.6) is 0 Å². The molecule has 0 spiro atoms. The highest BCUT2D eigenvalue weighted by Crippen LogP contribution is 2.34. The molecule has 1 saturated carbocycles. The van der Waals surface area contributed by atoms with E-state index in [2.05, 4.69) is 4.74 Å². The summed E-state index contributed by atoms with van der Waals surface area (Å²) >= 11 is 0. The van der Waals surface area contributed by atoms with Gasteiger partial charge in [0, 0.05) is 0 Å². The maximum atomic E-state index is 11.9. The van der Waals surface area contributed by atoms with Crippen molar-refractivity contribution < 1.29 is 27.8 Å². The molecule has 6 heteroatoms. The summed E-state index contributed by atoms with van der Waals surface area (Å²) in [7, 11) is 0. The second kappa shape index (κ2) is 6.66. The van der Waals surface area contributed by atoms with Gasteiger partial charge in [-0.3, -0.25) is 0 Å². The smallest absolute Gasteiger partial charge is 0.374 e. The minimum atomic E-state index is -3.22. The number of carbonyl (C=O) groups excluding carboxylic acids is 2. The largest absolute Gasteiger partial charge is 0.457 e. The summed E-state index contributed by atoms with van der Waals surface area (Å²) in [5, 5.41) is 0. The second-order valence-corrected chi connectivity index (χ2v) is 4.48. The lowest BCUT2D eigenvalue weighted by molar-refractivity contribution is -0.177. The Labute approximate surface area is 105 Å². The van der Waals surface area contributed by atoms with Crippen LogP contribution in [0.2, 0.25) is 0 Å². The molecular weight excluding hydrogens is 246 g/mol. The SMILES string of the molecule is CCC1(OC(=O)COC(=O)C(F)F)CCCCC1. The molecule has 0 bridgehead atoms. The van der Waals surface area contributed by atoms with Gasteiger partial charge in [-0.15, -0.1) is 0 Å². The molecule has 0 aromatic rings. The van der Waals surface area contributed by atoms with Crippen LogP contribution < -0.4 is 0 Å². The zero-order chi connectivity index (χ0) is 13.6. The maximum Gasteiger partial charge on any atom is 0.374 e. The predicted octanol–water partition coefficient (Wildman–Crippen LogP) is 2.45. The topological polar surface area (TPSA) is 52.6 Å². The van der Waals surface area contributed by atoms with E-state index in [-0.39, 0.29) is 0 Å². The van der Waals surface area contributed by atoms with Crippen LogP contribution in [0, 0.1) is 0 Å². The lowest BCUT2D eigenvalue weighted by Gasteiger charge is -2.35. The molecule has 0 aromatic heterocycles. The van der Waals surface area contributed by atoms with Gasteiger partial charge in [0.15, 0.2) is 6.61 Å². The van der Waals surface area contributed by atoms with Crippen molar-refractivity contribution in [3.05, 3.63) is 0 Å². The van der Waals surface area contributed by atoms with Crippen LogP contribution in [0.15, 0.2) is 0 Å². The van der Waals surface area contributed by atoms with Crippen LogP contribution in [0.4, 0.5) is 8.78 Å². The first kappa shape index (κ1) is 14.9. The highest BCUT2D eigenvalue weighted by molar-refractivity contribution is 5.78. The Bertz CT molecular complexity index is 298. The lowest BCUT2D eigenvalue weighted by atomic mass is 9.83. The van der Waals surface area contributed by atoms with E-state index >= 15 is 0 Å². The highest BCUT2D eigenvalue weighted by Gasteiger charge is 2.34. The summed E-state index contributed by atoms with van der Waals surface area (Å²) in [5.41, 5.74) is -0.507. The van der Waals surface area contributed by atoms with Crippen LogP contribution in [0.1, 0.15) is 45.4 Å². The average molecular weight is 264 g/mol. The third kappa shape index (κ3) is 4.23. The summed E-state index contributed by atoms with van der Waals surface area (Å²) in [6.07, 6.45) is 2.10. The number of hydrogen-bond donors (Lipinski definition) is 0. The Balaban J connectivity index is 2.40. The fourth-order valence-corrected chi connectivity index (χ4v) is 2.19. The molecule has 0 aliphatic heterocycles. The van der Waals surface area contributed by atoms with E-state index in [1.165, 1.54) is 0 Å². The van der Waals surface area contributed by atoms with Gasteiger partial charge in [0.25, 0.3) is 0 Å². The summed E-state index contributed by atoms with van der Waals surface area (Å²) < 4.78 is 33.1. The molecule has 0 aromatic carbocycles. The van der Waals surface area contributed by atoms with E-state index < -0.39 is 30.6 Å². The molecule has 0 radical (unpaired) electrons. The first-order valence-electron chi connectivity index (χ1n) is 6.16. The molecule has 104 valence electrons. The van der Waals surface area contributed by atoms with Crippen molar-refractivity contribution in [2.24, 2.45) is 0 Å². The first-order chi connectivity index (χ1) is 8.49. The number of halogens is 2. The molecule has 4 nitrogen and oxygen atoms in total. The van der Waals surface area contributed by atoms with E-state index in [0.717, 1.165) is 32.1 Å². The van der Waals surface area contributed by atoms with Crippen molar-refractivity contribution in [1.82, 2.24) is 0 Å². The average Bonchev–Trinajstić information content (AvgIpc) is 2.36. The summed E-state index contributed by atoms with van der Waals surface area (Å²) in [6.45, 7) is 1.18. The van der Waals surface area contributed by atoms with Crippen molar-refractivity contribution in [3.8, 4) is 0 Å². The van der Waals surface area contributed by atoms with Gasteiger partial charge in [-0.05, 0) is 32.1 Å². The Kier molecular flexibility index (Phi) is 5.50. The van der Waals surface area contributed by atoms with Gasteiger partial charge in [0.1, 0.15) is 5.60 Å². The molecule has 1 aliphatic carbocycles. The van der Waals surface area contributed by atoms with Crippen molar-refractivity contribution in [1.29, 1.82) is 0 Å². The summed E-state index contributed by atoms with van der Waals surface area (Å²) in [4.78, 5) is 22.0. The lowest BCUT2D eigenvalue weighted by Crippen LogP contribution is -2.38. The number of esters is 2. The molecular formula is C12H18F2O4. The molecule has 0 atom stereocenters. The molecule has 1 aliphatic rings. The quantitative estimate of drug-likeness (QED) is 0.716. The second-order valence-electron chi connectivity index (χ2n) is 4.48. The number of ether oxygens (including phenoxy) is 2. The molecule has 0 saturated heterocycles. The number of hydrogen-bond acceptors (Lipinski definition) is 4. The van der Waals surface area contributed by atoms with E-state index in [1.807, 2.05) is 6.92 Å². The van der Waals surface area contributed by atoms with Gasteiger partial charge >= 0.3 is 18.4 Å². The van der Waals surface area contributed by atoms with Crippen molar-refractivity contribution in [3.63, 3.8) is 0 Å². The fraction of sp³-hybridized carbons (Fsp3) is 0.833. The normalized spacial score (nSPS) is 18.4. The molecule has 0 unspecified atom stereocenters. The number of carbonyl (C=O) groups is 2. The Hall–Kier alpha value is -1.20. The van der Waals surface area contributed by atoms with Gasteiger partial charge in [0.2, 0.25) is 0 Å². The van der Waals surface area contributed by atoms with Gasteiger partial charge in [-0.2, -0.15) is 8.78 Å². The van der Waals surface area contributed by atoms with E-state index in [0.29, 0.717) is 6.42 Å². The standard InChI is InChI=1S/C12H18F2O4/c1-2-12(6-4-3-5-7-12)18-9(15)8-17-11(16)10(13)14/h10H,2-8H2,1H3. The third-order valence-corrected chi connectivity index (χ3v) is 3.25. The van der Waals surface area contributed by atoms with Crippen LogP contribution >= 0.6 is 0 Å². The molecule has 0 heterocycles. The predicted molar refractivity (Wildman–Crippen MR) is 59.2 cm³/mol. The van der Waals surface area contributed by atoms with Crippen molar-refractivity contribution >= 4 is 11.9 Å². The Morgan fingerprint density at radius 1 is 1.22 bits per heavy atom. The zero-order valence-electron chi connectivity index (χ0n) is 10.4. The van der Waals surface area contributed by atoms with Crippen molar-refractivity contribution in [2.45, 2.75) is 57.5 Å². The van der Waals surface area contributed by atoms with E-state index in [1.54, 1.807) is 0 Å². The van der Waals surface area contributed by atoms with Crippen molar-refractivity contribution in [2.75, 3.05) is 6.61 Å². The molecule has 18 heavy (non-hydrogen) atoms. The van der Waals surface area contributed by atoms with Gasteiger partial charge in [-0.1, -0.05) is 13.3 Å². The van der Waals surface area contributed by atoms with Gasteiger partial charge in [-0.25, -0.2) is 9.59 Å². The van der Waals surface area contributed by atoms with Crippen LogP contribution in [0.3, 0.4) is 0 Å². The van der Waals surface area contributed by atoms with E-state index in [9.17, 15) is 18.4 Å². The highest BCUT2D eigenvalue weighted by atomic mass is 19.3. The van der Waals surface area contributed by atoms with Crippen LogP contribution in [-0.4, -0.2) is 30.6 Å². The van der Waals surface area contributed by atoms with Crippen LogP contribution in [-0.2, 0) is 19.1 Å². The fourth-order valence-electron chi connectivity index (χ4n) is 2.19.